The second-order valence-electron chi connectivity index (χ2n) is 7.77. The molecule has 166 valence electrons. The normalized spacial score (nSPS) is 10.8. The van der Waals surface area contributed by atoms with E-state index in [-0.39, 0.29) is 11.5 Å². The number of anilines is 1. The average Bonchev–Trinajstić information content (AvgIpc) is 2.83. The maximum atomic E-state index is 12.9. The number of amides is 1. The Morgan fingerprint density at radius 1 is 1.00 bits per heavy atom. The molecule has 0 radical (unpaired) electrons. The van der Waals surface area contributed by atoms with E-state index in [0.29, 0.717) is 29.4 Å². The van der Waals surface area contributed by atoms with Gasteiger partial charge in [0.15, 0.2) is 5.78 Å². The molecule has 4 aromatic rings. The molecule has 1 aromatic heterocycles. The minimum absolute atomic E-state index is 0.112. The molecule has 0 aliphatic carbocycles. The largest absolute Gasteiger partial charge is 0.388 e. The highest BCUT2D eigenvalue weighted by Crippen LogP contribution is 2.23. The number of carbonyl (C=O) groups excluding carboxylic acids is 2. The highest BCUT2D eigenvalue weighted by Gasteiger charge is 2.10. The zero-order valence-electron chi connectivity index (χ0n) is 18.1. The Morgan fingerprint density at radius 3 is 2.52 bits per heavy atom. The van der Waals surface area contributed by atoms with Crippen LogP contribution in [0, 0.1) is 0 Å². The number of benzene rings is 3. The molecule has 7 nitrogen and oxygen atoms in total. The van der Waals surface area contributed by atoms with E-state index in [1.54, 1.807) is 12.1 Å². The lowest BCUT2D eigenvalue weighted by Crippen LogP contribution is -2.22. The van der Waals surface area contributed by atoms with Crippen molar-refractivity contribution in [3.63, 3.8) is 0 Å². The van der Waals surface area contributed by atoms with Gasteiger partial charge in [-0.25, -0.2) is 4.98 Å². The highest BCUT2D eigenvalue weighted by atomic mass is 16.3. The van der Waals surface area contributed by atoms with Gasteiger partial charge in [0.1, 0.15) is 6.61 Å². The van der Waals surface area contributed by atoms with Gasteiger partial charge in [-0.15, -0.1) is 0 Å². The Hall–Kier alpha value is -4.10. The van der Waals surface area contributed by atoms with E-state index < -0.39 is 12.4 Å². The molecular weight excluding hydrogens is 418 g/mol. The number of aliphatic hydroxyl groups excluding tert-OH is 1. The van der Waals surface area contributed by atoms with E-state index in [1.165, 1.54) is 23.9 Å². The summed E-state index contributed by atoms with van der Waals surface area (Å²) < 4.78 is 1.53. The minimum Gasteiger partial charge on any atom is -0.388 e. The first kappa shape index (κ1) is 22.1. The van der Waals surface area contributed by atoms with Gasteiger partial charge >= 0.3 is 0 Å². The van der Waals surface area contributed by atoms with Crippen LogP contribution in [0.1, 0.15) is 22.8 Å². The summed E-state index contributed by atoms with van der Waals surface area (Å²) in [5.74, 6) is -0.548. The van der Waals surface area contributed by atoms with Crippen molar-refractivity contribution < 1.29 is 14.7 Å². The number of nitrogens with one attached hydrogen (secondary N) is 1. The van der Waals surface area contributed by atoms with Crippen molar-refractivity contribution in [1.82, 2.24) is 9.55 Å². The van der Waals surface area contributed by atoms with Gasteiger partial charge in [-0.3, -0.25) is 19.0 Å². The number of ketones is 1. The summed E-state index contributed by atoms with van der Waals surface area (Å²) in [6.45, 7) is 1.30. The van der Waals surface area contributed by atoms with Crippen LogP contribution in [-0.2, 0) is 17.8 Å². The Kier molecular flexibility index (Phi) is 6.42. The second-order valence-corrected chi connectivity index (χ2v) is 7.77. The number of carbonyl (C=O) groups is 2. The zero-order chi connectivity index (χ0) is 23.4. The Labute approximate surface area is 190 Å². The van der Waals surface area contributed by atoms with Crippen LogP contribution in [0.15, 0.2) is 77.9 Å². The van der Waals surface area contributed by atoms with Crippen LogP contribution in [0.2, 0.25) is 0 Å². The number of aromatic nitrogens is 2. The lowest BCUT2D eigenvalue weighted by Gasteiger charge is -2.09. The Morgan fingerprint density at radius 2 is 1.79 bits per heavy atom. The summed E-state index contributed by atoms with van der Waals surface area (Å²) in [5.41, 5.74) is 4.45. The monoisotopic (exact) mass is 441 g/mol. The van der Waals surface area contributed by atoms with E-state index in [4.69, 9.17) is 5.11 Å². The predicted octanol–water partition coefficient (Wildman–Crippen LogP) is 3.44. The van der Waals surface area contributed by atoms with Gasteiger partial charge in [0, 0.05) is 24.7 Å². The van der Waals surface area contributed by atoms with Gasteiger partial charge in [-0.2, -0.15) is 0 Å². The Balaban J connectivity index is 1.53. The first-order chi connectivity index (χ1) is 15.9. The number of aryl methyl sites for hydroxylation is 2. The molecule has 7 heteroatoms. The summed E-state index contributed by atoms with van der Waals surface area (Å²) in [4.78, 5) is 40.2. The highest BCUT2D eigenvalue weighted by molar-refractivity contribution is 5.99. The van der Waals surface area contributed by atoms with Crippen molar-refractivity contribution in [2.24, 2.45) is 0 Å². The number of aliphatic hydroxyl groups is 1. The van der Waals surface area contributed by atoms with Gasteiger partial charge in [-0.05, 0) is 53.4 Å². The number of Topliss-reactive ketones (excluding diaryl/α,β-unsaturated/α-hetero) is 1. The van der Waals surface area contributed by atoms with Crippen LogP contribution in [0.5, 0.6) is 0 Å². The molecule has 0 aliphatic heterocycles. The summed E-state index contributed by atoms with van der Waals surface area (Å²) in [6, 6.07) is 20.4. The van der Waals surface area contributed by atoms with Gasteiger partial charge in [0.05, 0.1) is 17.2 Å². The number of rotatable bonds is 7. The number of fused-ring (bicyclic) bond motifs is 1. The van der Waals surface area contributed by atoms with Crippen LogP contribution in [0.4, 0.5) is 5.69 Å². The molecule has 0 bridgehead atoms. The van der Waals surface area contributed by atoms with Crippen molar-refractivity contribution in [2.75, 3.05) is 11.9 Å². The van der Waals surface area contributed by atoms with Crippen molar-refractivity contribution in [2.45, 2.75) is 19.9 Å². The van der Waals surface area contributed by atoms with Gasteiger partial charge < -0.3 is 10.4 Å². The van der Waals surface area contributed by atoms with Crippen molar-refractivity contribution in [1.29, 1.82) is 0 Å². The van der Waals surface area contributed by atoms with Gasteiger partial charge in [-0.1, -0.05) is 36.4 Å². The fraction of sp³-hybridized carbons (Fsp3) is 0.154. The van der Waals surface area contributed by atoms with Gasteiger partial charge in [0.2, 0.25) is 5.91 Å². The van der Waals surface area contributed by atoms with E-state index in [9.17, 15) is 14.4 Å². The topological polar surface area (TPSA) is 101 Å². The van der Waals surface area contributed by atoms with Crippen molar-refractivity contribution in [3.05, 3.63) is 94.5 Å². The molecule has 0 fully saturated rings. The molecule has 0 atom stereocenters. The first-order valence-corrected chi connectivity index (χ1v) is 10.5. The maximum absolute atomic E-state index is 12.9. The second kappa shape index (κ2) is 9.58. The minimum atomic E-state index is -0.605. The molecule has 2 N–H and O–H groups in total. The quantitative estimate of drug-likeness (QED) is 0.428. The average molecular weight is 441 g/mol. The third kappa shape index (κ3) is 5.05. The molecule has 0 aliphatic rings. The Bertz CT molecular complexity index is 1390. The molecule has 4 rings (SSSR count). The lowest BCUT2D eigenvalue weighted by molar-refractivity contribution is -0.114. The van der Waals surface area contributed by atoms with Crippen molar-refractivity contribution >= 4 is 28.3 Å². The fourth-order valence-corrected chi connectivity index (χ4v) is 3.69. The van der Waals surface area contributed by atoms with Crippen LogP contribution in [0.3, 0.4) is 0 Å². The zero-order valence-corrected chi connectivity index (χ0v) is 18.1. The SMILES string of the molecule is CC(=O)Nc1ccc(-c2cccc(CCn3cnc4ccc(C(=O)CO)cc4c3=O)c2)cc1. The third-order valence-corrected chi connectivity index (χ3v) is 5.40. The van der Waals surface area contributed by atoms with E-state index in [1.807, 2.05) is 42.5 Å². The van der Waals surface area contributed by atoms with Gasteiger partial charge in [0.25, 0.3) is 5.56 Å². The standard InChI is InChI=1S/C26H23N3O4/c1-17(31)28-22-8-5-19(6-9-22)20-4-2-3-18(13-20)11-12-29-16-27-24-10-7-21(25(32)15-30)14-23(24)26(29)33/h2-10,13-14,16,30H,11-12,15H2,1H3,(H,28,31). The summed E-state index contributed by atoms with van der Waals surface area (Å²) >= 11 is 0. The fourth-order valence-electron chi connectivity index (χ4n) is 3.69. The van der Waals surface area contributed by atoms with Crippen LogP contribution >= 0.6 is 0 Å². The summed E-state index contributed by atoms with van der Waals surface area (Å²) in [5, 5.41) is 12.2. The van der Waals surface area contributed by atoms with E-state index >= 15 is 0 Å². The molecular formula is C26H23N3O4. The molecule has 0 saturated heterocycles. The van der Waals surface area contributed by atoms with E-state index in [2.05, 4.69) is 16.4 Å². The molecule has 1 heterocycles. The van der Waals surface area contributed by atoms with E-state index in [0.717, 1.165) is 22.4 Å². The molecule has 0 spiro atoms. The smallest absolute Gasteiger partial charge is 0.261 e. The summed E-state index contributed by atoms with van der Waals surface area (Å²) in [7, 11) is 0. The first-order valence-electron chi connectivity index (χ1n) is 10.5. The predicted molar refractivity (Wildman–Crippen MR) is 127 cm³/mol. The molecule has 33 heavy (non-hydrogen) atoms. The molecule has 0 saturated carbocycles. The van der Waals surface area contributed by atoms with Crippen LogP contribution in [-0.4, -0.2) is 33.0 Å². The molecule has 0 unspecified atom stereocenters. The van der Waals surface area contributed by atoms with Crippen molar-refractivity contribution in [3.8, 4) is 11.1 Å². The molecule has 1 amide bonds. The summed E-state index contributed by atoms with van der Waals surface area (Å²) in [6.07, 6.45) is 2.14. The number of hydrogen-bond donors (Lipinski definition) is 2. The number of nitrogens with zero attached hydrogens (tertiary/aromatic N) is 2. The maximum Gasteiger partial charge on any atom is 0.261 e. The molecule has 3 aromatic carbocycles. The lowest BCUT2D eigenvalue weighted by atomic mass is 10.0. The van der Waals surface area contributed by atoms with Crippen LogP contribution < -0.4 is 10.9 Å². The van der Waals surface area contributed by atoms with Crippen LogP contribution in [0.25, 0.3) is 22.0 Å². The number of hydrogen-bond acceptors (Lipinski definition) is 5. The third-order valence-electron chi connectivity index (χ3n) is 5.40.